The molecule has 11 nitrogen and oxygen atoms in total. The fraction of sp³-hybridized carbons (Fsp3) is 0.304. The number of morpholine rings is 1. The molecule has 34 heavy (non-hydrogen) atoms. The number of alkyl carbamates (subject to hydrolysis) is 1. The Morgan fingerprint density at radius 2 is 2.03 bits per heavy atom. The fourth-order valence-electron chi connectivity index (χ4n) is 3.34. The van der Waals surface area contributed by atoms with Crippen LogP contribution in [0.25, 0.3) is 0 Å². The Bertz CT molecular complexity index is 1080. The van der Waals surface area contributed by atoms with Gasteiger partial charge in [0.1, 0.15) is 18.4 Å². The van der Waals surface area contributed by atoms with Crippen LogP contribution in [-0.2, 0) is 27.3 Å². The number of amides is 2. The summed E-state index contributed by atoms with van der Waals surface area (Å²) in [5, 5.41) is 6.56. The lowest BCUT2D eigenvalue weighted by atomic mass is 10.1. The van der Waals surface area contributed by atoms with E-state index in [0.29, 0.717) is 24.7 Å². The number of nitrogens with one attached hydrogen (secondary N) is 3. The summed E-state index contributed by atoms with van der Waals surface area (Å²) in [7, 11) is 0. The lowest BCUT2D eigenvalue weighted by molar-refractivity contribution is -0.123. The Hall–Kier alpha value is -4.12. The third-order valence-electron chi connectivity index (χ3n) is 5.10. The molecule has 0 unspecified atom stereocenters. The maximum atomic E-state index is 12.7. The van der Waals surface area contributed by atoms with Crippen molar-refractivity contribution in [1.29, 1.82) is 0 Å². The van der Waals surface area contributed by atoms with Crippen molar-refractivity contribution in [1.82, 2.24) is 20.7 Å². The van der Waals surface area contributed by atoms with Crippen LogP contribution in [0.1, 0.15) is 17.0 Å². The summed E-state index contributed by atoms with van der Waals surface area (Å²) in [6, 6.07) is 12.0. The molecule has 1 aromatic carbocycles. The second-order valence-corrected chi connectivity index (χ2v) is 7.55. The number of H-pyrrole nitrogens is 1. The summed E-state index contributed by atoms with van der Waals surface area (Å²) in [6.07, 6.45) is 3.95. The normalized spacial score (nSPS) is 14.6. The Balaban J connectivity index is 1.32. The summed E-state index contributed by atoms with van der Waals surface area (Å²) in [5.41, 5.74) is 3.96. The average Bonchev–Trinajstić information content (AvgIpc) is 3.56. The number of aromatic amines is 1. The summed E-state index contributed by atoms with van der Waals surface area (Å²) in [5.74, 6) is 0.695. The predicted molar refractivity (Wildman–Crippen MR) is 123 cm³/mol. The van der Waals surface area contributed by atoms with E-state index in [-0.39, 0.29) is 13.0 Å². The number of ether oxygens (including phenoxy) is 2. The summed E-state index contributed by atoms with van der Waals surface area (Å²) >= 11 is 0. The predicted octanol–water partition coefficient (Wildman–Crippen LogP) is 1.83. The molecular formula is C23H26N6O5. The van der Waals surface area contributed by atoms with Crippen LogP contribution in [0.5, 0.6) is 0 Å². The van der Waals surface area contributed by atoms with Crippen molar-refractivity contribution < 1.29 is 23.5 Å². The number of benzene rings is 1. The first-order valence-corrected chi connectivity index (χ1v) is 10.9. The van der Waals surface area contributed by atoms with E-state index in [1.165, 1.54) is 12.5 Å². The van der Waals surface area contributed by atoms with Gasteiger partial charge in [0.15, 0.2) is 5.88 Å². The number of hydrogen-bond donors (Lipinski definition) is 3. The van der Waals surface area contributed by atoms with E-state index in [2.05, 4.69) is 30.7 Å². The van der Waals surface area contributed by atoms with E-state index in [0.717, 1.165) is 24.5 Å². The van der Waals surface area contributed by atoms with E-state index < -0.39 is 18.0 Å². The van der Waals surface area contributed by atoms with Gasteiger partial charge in [0.05, 0.1) is 25.8 Å². The average molecular weight is 466 g/mol. The van der Waals surface area contributed by atoms with E-state index in [1.807, 2.05) is 36.4 Å². The Morgan fingerprint density at radius 3 is 2.79 bits per heavy atom. The van der Waals surface area contributed by atoms with Gasteiger partial charge >= 0.3 is 6.09 Å². The number of aromatic nitrogens is 2. The van der Waals surface area contributed by atoms with Gasteiger partial charge in [-0.2, -0.15) is 5.10 Å². The number of carbonyl (C=O) groups excluding carboxylic acids is 2. The van der Waals surface area contributed by atoms with Gasteiger partial charge in [-0.1, -0.05) is 30.3 Å². The minimum absolute atomic E-state index is 0.0905. The van der Waals surface area contributed by atoms with Crippen LogP contribution in [0.15, 0.2) is 64.5 Å². The van der Waals surface area contributed by atoms with Crippen LogP contribution in [0.3, 0.4) is 0 Å². The molecule has 1 aliphatic heterocycles. The Labute approximate surface area is 196 Å². The fourth-order valence-corrected chi connectivity index (χ4v) is 3.34. The molecule has 1 aliphatic rings. The van der Waals surface area contributed by atoms with Crippen LogP contribution in [-0.4, -0.2) is 60.5 Å². The number of furan rings is 1. The molecule has 2 aromatic heterocycles. The number of nitrogens with zero attached hydrogens (tertiary/aromatic N) is 3. The van der Waals surface area contributed by atoms with E-state index in [4.69, 9.17) is 13.9 Å². The molecule has 1 fully saturated rings. The van der Waals surface area contributed by atoms with Crippen molar-refractivity contribution in [3.8, 4) is 0 Å². The molecule has 178 valence electrons. The quantitative estimate of drug-likeness (QED) is 0.323. The van der Waals surface area contributed by atoms with Crippen molar-refractivity contribution >= 4 is 24.1 Å². The minimum Gasteiger partial charge on any atom is -0.445 e. The second-order valence-electron chi connectivity index (χ2n) is 7.55. The highest BCUT2D eigenvalue weighted by molar-refractivity contribution is 5.87. The van der Waals surface area contributed by atoms with Gasteiger partial charge in [-0.15, -0.1) is 0 Å². The third-order valence-corrected chi connectivity index (χ3v) is 5.10. The molecule has 2 amide bonds. The van der Waals surface area contributed by atoms with Gasteiger partial charge in [-0.25, -0.2) is 15.2 Å². The second kappa shape index (κ2) is 11.7. The van der Waals surface area contributed by atoms with E-state index >= 15 is 0 Å². The zero-order valence-corrected chi connectivity index (χ0v) is 18.5. The van der Waals surface area contributed by atoms with E-state index in [9.17, 15) is 9.59 Å². The van der Waals surface area contributed by atoms with Crippen molar-refractivity contribution in [2.24, 2.45) is 5.10 Å². The number of anilines is 1. The van der Waals surface area contributed by atoms with Gasteiger partial charge < -0.3 is 29.1 Å². The molecule has 0 bridgehead atoms. The molecule has 0 aliphatic carbocycles. The van der Waals surface area contributed by atoms with Crippen LogP contribution in [0.4, 0.5) is 10.7 Å². The lowest BCUT2D eigenvalue weighted by Gasteiger charge is -2.26. The van der Waals surface area contributed by atoms with Crippen molar-refractivity contribution in [3.63, 3.8) is 0 Å². The van der Waals surface area contributed by atoms with Crippen LogP contribution >= 0.6 is 0 Å². The zero-order chi connectivity index (χ0) is 23.6. The first-order valence-electron chi connectivity index (χ1n) is 10.9. The van der Waals surface area contributed by atoms with Crippen LogP contribution in [0.2, 0.25) is 0 Å². The summed E-state index contributed by atoms with van der Waals surface area (Å²) < 4.78 is 16.3. The molecule has 0 spiro atoms. The van der Waals surface area contributed by atoms with E-state index in [1.54, 1.807) is 12.3 Å². The number of rotatable bonds is 9. The SMILES string of the molecule is O=C(N[C@H](Cc1cnc[nH]1)C(=O)N/N=C\c1ccc(N2CCOCC2)o1)OCc1ccccc1. The largest absolute Gasteiger partial charge is 0.445 e. The summed E-state index contributed by atoms with van der Waals surface area (Å²) in [4.78, 5) is 34.0. The molecule has 1 atom stereocenters. The number of imidazole rings is 1. The maximum absolute atomic E-state index is 12.7. The van der Waals surface area contributed by atoms with Crippen molar-refractivity contribution in [2.75, 3.05) is 31.2 Å². The highest BCUT2D eigenvalue weighted by atomic mass is 16.5. The number of hydrazone groups is 1. The summed E-state index contributed by atoms with van der Waals surface area (Å²) in [6.45, 7) is 2.90. The molecule has 4 rings (SSSR count). The maximum Gasteiger partial charge on any atom is 0.408 e. The number of hydrogen-bond acceptors (Lipinski definition) is 8. The van der Waals surface area contributed by atoms with Gasteiger partial charge in [0.2, 0.25) is 0 Å². The molecule has 11 heteroatoms. The first kappa shape index (κ1) is 23.1. The monoisotopic (exact) mass is 466 g/mol. The molecule has 1 saturated heterocycles. The third kappa shape index (κ3) is 6.69. The molecule has 0 saturated carbocycles. The first-order chi connectivity index (χ1) is 16.7. The van der Waals surface area contributed by atoms with Crippen LogP contribution < -0.4 is 15.6 Å². The van der Waals surface area contributed by atoms with Crippen LogP contribution in [0, 0.1) is 0 Å². The molecule has 3 N–H and O–H groups in total. The van der Waals surface area contributed by atoms with Gasteiger partial charge in [0, 0.05) is 37.5 Å². The lowest BCUT2D eigenvalue weighted by Crippen LogP contribution is -2.47. The smallest absolute Gasteiger partial charge is 0.408 e. The highest BCUT2D eigenvalue weighted by Crippen LogP contribution is 2.18. The molecule has 3 aromatic rings. The highest BCUT2D eigenvalue weighted by Gasteiger charge is 2.22. The Kier molecular flexibility index (Phi) is 7.90. The zero-order valence-electron chi connectivity index (χ0n) is 18.5. The molecule has 3 heterocycles. The standard InChI is InChI=1S/C23H26N6O5/c30-22(28-26-14-19-6-7-21(34-19)29-8-10-32-11-9-29)20(12-18-13-24-16-25-18)27-23(31)33-15-17-4-2-1-3-5-17/h1-7,13-14,16,20H,8-12,15H2,(H,24,25)(H,27,31)(H,28,30)/b26-14-/t20-/m1/s1. The topological polar surface area (TPSA) is 134 Å². The Morgan fingerprint density at radius 1 is 1.21 bits per heavy atom. The van der Waals surface area contributed by atoms with Gasteiger partial charge in [-0.05, 0) is 11.6 Å². The van der Waals surface area contributed by atoms with Gasteiger partial charge in [-0.3, -0.25) is 4.79 Å². The number of carbonyl (C=O) groups is 2. The van der Waals surface area contributed by atoms with Crippen molar-refractivity contribution in [3.05, 3.63) is 72.0 Å². The van der Waals surface area contributed by atoms with Crippen molar-refractivity contribution in [2.45, 2.75) is 19.1 Å². The minimum atomic E-state index is -0.929. The molecule has 0 radical (unpaired) electrons. The molecular weight excluding hydrogens is 440 g/mol. The van der Waals surface area contributed by atoms with Gasteiger partial charge in [0.25, 0.3) is 5.91 Å².